The number of hydrogen-bond acceptors (Lipinski definition) is 6. The van der Waals surface area contributed by atoms with Gasteiger partial charge in [-0.2, -0.15) is 4.98 Å². The van der Waals surface area contributed by atoms with Crippen LogP contribution in [0, 0.1) is 0 Å². The molecule has 0 atom stereocenters. The van der Waals surface area contributed by atoms with Crippen molar-refractivity contribution < 1.29 is 18.5 Å². The van der Waals surface area contributed by atoms with E-state index in [1.54, 1.807) is 42.5 Å². The SMILES string of the molecule is O=C(NCc1nc(-c2cccc(Br)c2)no1)/C(=C/c1ccco1)NC(=O)c1ccccc1. The molecule has 0 aliphatic carbocycles. The fraction of sp³-hybridized carbons (Fsp3) is 0.0435. The minimum absolute atomic E-state index is 0.0144. The lowest BCUT2D eigenvalue weighted by molar-refractivity contribution is -0.118. The zero-order valence-electron chi connectivity index (χ0n) is 16.6. The van der Waals surface area contributed by atoms with Crippen LogP contribution >= 0.6 is 15.9 Å². The molecule has 4 aromatic rings. The number of hydrogen-bond donors (Lipinski definition) is 2. The Balaban J connectivity index is 1.46. The first-order valence-electron chi connectivity index (χ1n) is 9.57. The van der Waals surface area contributed by atoms with E-state index in [0.717, 1.165) is 10.0 Å². The average Bonchev–Trinajstić information content (AvgIpc) is 3.50. The zero-order valence-corrected chi connectivity index (χ0v) is 18.2. The van der Waals surface area contributed by atoms with Gasteiger partial charge in [0.2, 0.25) is 11.7 Å². The number of carbonyl (C=O) groups excluding carboxylic acids is 2. The van der Waals surface area contributed by atoms with E-state index in [1.807, 2.05) is 24.3 Å². The second-order valence-corrected chi connectivity index (χ2v) is 7.51. The molecular formula is C23H17BrN4O4. The Labute approximate surface area is 191 Å². The van der Waals surface area contributed by atoms with Crippen molar-refractivity contribution in [3.8, 4) is 11.4 Å². The van der Waals surface area contributed by atoms with Crippen LogP contribution in [0.1, 0.15) is 22.0 Å². The van der Waals surface area contributed by atoms with Gasteiger partial charge in [-0.05, 0) is 36.4 Å². The number of furan rings is 1. The van der Waals surface area contributed by atoms with Crippen molar-refractivity contribution >= 4 is 33.8 Å². The number of rotatable bonds is 7. The molecule has 2 aromatic heterocycles. The molecule has 0 spiro atoms. The lowest BCUT2D eigenvalue weighted by atomic mass is 10.2. The molecule has 0 bridgehead atoms. The summed E-state index contributed by atoms with van der Waals surface area (Å²) in [6, 6.07) is 19.4. The summed E-state index contributed by atoms with van der Waals surface area (Å²) < 4.78 is 11.4. The molecule has 0 radical (unpaired) electrons. The molecule has 0 fully saturated rings. The maximum Gasteiger partial charge on any atom is 0.268 e. The first-order chi connectivity index (χ1) is 15.6. The third kappa shape index (κ3) is 5.38. The second kappa shape index (κ2) is 9.88. The second-order valence-electron chi connectivity index (χ2n) is 6.60. The van der Waals surface area contributed by atoms with E-state index in [9.17, 15) is 9.59 Å². The van der Waals surface area contributed by atoms with E-state index in [2.05, 4.69) is 36.7 Å². The number of nitrogens with zero attached hydrogens (tertiary/aromatic N) is 2. The molecule has 0 saturated heterocycles. The van der Waals surface area contributed by atoms with Gasteiger partial charge < -0.3 is 19.6 Å². The summed E-state index contributed by atoms with van der Waals surface area (Å²) in [7, 11) is 0. The van der Waals surface area contributed by atoms with Crippen LogP contribution in [0.4, 0.5) is 0 Å². The number of carbonyl (C=O) groups is 2. The smallest absolute Gasteiger partial charge is 0.268 e. The molecule has 0 aliphatic rings. The van der Waals surface area contributed by atoms with Gasteiger partial charge in [-0.1, -0.05) is 51.4 Å². The molecule has 160 valence electrons. The standard InChI is InChI=1S/C23H17BrN4O4/c24-17-9-4-8-16(12-17)21-27-20(32-28-21)14-25-23(30)19(13-18-10-5-11-31-18)26-22(29)15-6-2-1-3-7-15/h1-13H,14H2,(H,25,30)(H,26,29)/b19-13-. The van der Waals surface area contributed by atoms with Crippen molar-refractivity contribution in [2.45, 2.75) is 6.54 Å². The van der Waals surface area contributed by atoms with Gasteiger partial charge in [0.05, 0.1) is 12.8 Å². The molecular weight excluding hydrogens is 476 g/mol. The molecule has 4 rings (SSSR count). The van der Waals surface area contributed by atoms with E-state index in [-0.39, 0.29) is 18.1 Å². The van der Waals surface area contributed by atoms with E-state index in [0.29, 0.717) is 17.1 Å². The maximum atomic E-state index is 12.8. The summed E-state index contributed by atoms with van der Waals surface area (Å²) >= 11 is 3.40. The van der Waals surface area contributed by atoms with Crippen LogP contribution in [0.2, 0.25) is 0 Å². The highest BCUT2D eigenvalue weighted by Gasteiger charge is 2.17. The highest BCUT2D eigenvalue weighted by atomic mass is 79.9. The largest absolute Gasteiger partial charge is 0.465 e. The summed E-state index contributed by atoms with van der Waals surface area (Å²) in [6.07, 6.45) is 2.92. The van der Waals surface area contributed by atoms with Gasteiger partial charge in [-0.25, -0.2) is 0 Å². The number of aromatic nitrogens is 2. The van der Waals surface area contributed by atoms with Crippen molar-refractivity contribution in [2.75, 3.05) is 0 Å². The molecule has 2 amide bonds. The van der Waals surface area contributed by atoms with Gasteiger partial charge in [-0.15, -0.1) is 0 Å². The van der Waals surface area contributed by atoms with Crippen molar-refractivity contribution in [3.63, 3.8) is 0 Å². The van der Waals surface area contributed by atoms with E-state index in [4.69, 9.17) is 8.94 Å². The Hall–Kier alpha value is -3.98. The van der Waals surface area contributed by atoms with Crippen molar-refractivity contribution in [2.24, 2.45) is 0 Å². The molecule has 2 heterocycles. The third-order valence-corrected chi connectivity index (χ3v) is 4.80. The first-order valence-corrected chi connectivity index (χ1v) is 10.4. The van der Waals surface area contributed by atoms with E-state index < -0.39 is 11.8 Å². The molecule has 2 N–H and O–H groups in total. The monoisotopic (exact) mass is 492 g/mol. The maximum absolute atomic E-state index is 12.8. The van der Waals surface area contributed by atoms with Gasteiger partial charge in [0, 0.05) is 21.7 Å². The van der Waals surface area contributed by atoms with Crippen LogP contribution in [0.3, 0.4) is 0 Å². The highest BCUT2D eigenvalue weighted by molar-refractivity contribution is 9.10. The number of nitrogens with one attached hydrogen (secondary N) is 2. The number of halogens is 1. The lowest BCUT2D eigenvalue weighted by Crippen LogP contribution is -2.34. The van der Waals surface area contributed by atoms with Crippen molar-refractivity contribution in [1.82, 2.24) is 20.8 Å². The molecule has 0 aliphatic heterocycles. The van der Waals surface area contributed by atoms with Crippen LogP contribution in [-0.4, -0.2) is 22.0 Å². The average molecular weight is 493 g/mol. The molecule has 9 heteroatoms. The fourth-order valence-electron chi connectivity index (χ4n) is 2.78. The first kappa shape index (κ1) is 21.3. The molecule has 8 nitrogen and oxygen atoms in total. The summed E-state index contributed by atoms with van der Waals surface area (Å²) in [5.41, 5.74) is 1.20. The predicted octanol–water partition coefficient (Wildman–Crippen LogP) is 4.18. The topological polar surface area (TPSA) is 110 Å². The Kier molecular flexibility index (Phi) is 6.57. The third-order valence-electron chi connectivity index (χ3n) is 4.31. The number of benzene rings is 2. The van der Waals surface area contributed by atoms with Crippen molar-refractivity contribution in [1.29, 1.82) is 0 Å². The van der Waals surface area contributed by atoms with Crippen LogP contribution in [0.5, 0.6) is 0 Å². The Morgan fingerprint density at radius 2 is 1.88 bits per heavy atom. The quantitative estimate of drug-likeness (QED) is 0.374. The minimum atomic E-state index is -0.534. The van der Waals surface area contributed by atoms with Gasteiger partial charge >= 0.3 is 0 Å². The van der Waals surface area contributed by atoms with Gasteiger partial charge in [0.1, 0.15) is 11.5 Å². The fourth-order valence-corrected chi connectivity index (χ4v) is 3.18. The summed E-state index contributed by atoms with van der Waals surface area (Å²) in [5.74, 6) is 0.0822. The van der Waals surface area contributed by atoms with E-state index >= 15 is 0 Å². The van der Waals surface area contributed by atoms with Crippen LogP contribution < -0.4 is 10.6 Å². The molecule has 32 heavy (non-hydrogen) atoms. The lowest BCUT2D eigenvalue weighted by Gasteiger charge is -2.09. The van der Waals surface area contributed by atoms with Gasteiger partial charge in [-0.3, -0.25) is 9.59 Å². The van der Waals surface area contributed by atoms with Crippen molar-refractivity contribution in [3.05, 3.63) is 100 Å². The Morgan fingerprint density at radius 3 is 2.62 bits per heavy atom. The van der Waals surface area contributed by atoms with E-state index in [1.165, 1.54) is 12.3 Å². The summed E-state index contributed by atoms with van der Waals surface area (Å²) in [6.45, 7) is -0.0173. The van der Waals surface area contributed by atoms with Gasteiger partial charge in [0.15, 0.2) is 0 Å². The molecule has 0 unspecified atom stereocenters. The summed E-state index contributed by atoms with van der Waals surface area (Å²) in [5, 5.41) is 9.24. The Morgan fingerprint density at radius 1 is 1.03 bits per heavy atom. The molecule has 0 saturated carbocycles. The van der Waals surface area contributed by atoms with Crippen LogP contribution in [0.15, 0.2) is 92.1 Å². The van der Waals surface area contributed by atoms with Gasteiger partial charge in [0.25, 0.3) is 11.8 Å². The van der Waals surface area contributed by atoms with Crippen LogP contribution in [0.25, 0.3) is 17.5 Å². The number of amides is 2. The van der Waals surface area contributed by atoms with Crippen LogP contribution in [-0.2, 0) is 11.3 Å². The normalized spacial score (nSPS) is 11.2. The predicted molar refractivity (Wildman–Crippen MR) is 120 cm³/mol. The Bertz CT molecular complexity index is 1250. The molecule has 2 aromatic carbocycles. The summed E-state index contributed by atoms with van der Waals surface area (Å²) in [4.78, 5) is 29.6. The highest BCUT2D eigenvalue weighted by Crippen LogP contribution is 2.20. The minimum Gasteiger partial charge on any atom is -0.465 e. The zero-order chi connectivity index (χ0) is 22.3.